The number of benzene rings is 3. The number of ether oxygens (including phenoxy) is 2. The number of Topliss-reactive ketones (excluding diaryl/α,β-unsaturated/α-hetero) is 1. The van der Waals surface area contributed by atoms with Crippen molar-refractivity contribution in [3.8, 4) is 0 Å². The van der Waals surface area contributed by atoms with Crippen molar-refractivity contribution in [1.29, 1.82) is 0 Å². The van der Waals surface area contributed by atoms with Gasteiger partial charge in [0.15, 0.2) is 11.6 Å². The summed E-state index contributed by atoms with van der Waals surface area (Å²) < 4.78 is 18.5. The molecule has 4 rings (SSSR count). The van der Waals surface area contributed by atoms with Gasteiger partial charge in [-0.1, -0.05) is 97.9 Å². The third-order valence-electron chi connectivity index (χ3n) is 6.22. The number of ketones is 1. The van der Waals surface area contributed by atoms with Gasteiger partial charge in [-0.15, -0.1) is 0 Å². The molecule has 0 radical (unpaired) electrons. The SMILES string of the molecule is CC[C@H](O)[C@@H](O[Si](c1ccccc1)(c1ccccc1)c1ccccc1)C(=O)[C@@H]1COC(C)(C)O1. The molecule has 178 valence electrons. The fourth-order valence-corrected chi connectivity index (χ4v) is 8.51. The maximum atomic E-state index is 13.7. The van der Waals surface area contributed by atoms with E-state index in [0.29, 0.717) is 6.42 Å². The Morgan fingerprint density at radius 1 is 0.941 bits per heavy atom. The van der Waals surface area contributed by atoms with Crippen molar-refractivity contribution in [2.24, 2.45) is 0 Å². The van der Waals surface area contributed by atoms with Crippen molar-refractivity contribution in [2.75, 3.05) is 6.61 Å². The normalized spacial score (nSPS) is 19.5. The maximum Gasteiger partial charge on any atom is 0.289 e. The van der Waals surface area contributed by atoms with Gasteiger partial charge in [0.2, 0.25) is 0 Å². The molecule has 1 fully saturated rings. The third kappa shape index (κ3) is 4.92. The minimum atomic E-state index is -3.19. The van der Waals surface area contributed by atoms with Crippen LogP contribution in [0.4, 0.5) is 0 Å². The maximum absolute atomic E-state index is 13.7. The second-order valence-electron chi connectivity index (χ2n) is 9.01. The lowest BCUT2D eigenvalue weighted by atomic mass is 10.0. The molecular weight excluding hydrogens is 444 g/mol. The van der Waals surface area contributed by atoms with Gasteiger partial charge in [0.25, 0.3) is 8.32 Å². The van der Waals surface area contributed by atoms with E-state index in [9.17, 15) is 9.90 Å². The van der Waals surface area contributed by atoms with Crippen molar-refractivity contribution in [1.82, 2.24) is 0 Å². The summed E-state index contributed by atoms with van der Waals surface area (Å²) in [5.74, 6) is -1.14. The van der Waals surface area contributed by atoms with Gasteiger partial charge in [0, 0.05) is 0 Å². The highest BCUT2D eigenvalue weighted by Crippen LogP contribution is 2.26. The predicted molar refractivity (Wildman–Crippen MR) is 135 cm³/mol. The number of rotatable bonds is 9. The van der Waals surface area contributed by atoms with E-state index in [-0.39, 0.29) is 12.4 Å². The highest BCUT2D eigenvalue weighted by atomic mass is 28.4. The van der Waals surface area contributed by atoms with Gasteiger partial charge in [-0.25, -0.2) is 0 Å². The Kier molecular flexibility index (Phi) is 7.45. The van der Waals surface area contributed by atoms with Gasteiger partial charge in [0.05, 0.1) is 12.7 Å². The summed E-state index contributed by atoms with van der Waals surface area (Å²) in [5.41, 5.74) is 0. The van der Waals surface area contributed by atoms with E-state index in [2.05, 4.69) is 0 Å². The molecule has 1 aliphatic heterocycles. The summed E-state index contributed by atoms with van der Waals surface area (Å²) in [6, 6.07) is 30.1. The molecule has 1 saturated heterocycles. The molecule has 3 atom stereocenters. The summed E-state index contributed by atoms with van der Waals surface area (Å²) in [7, 11) is -3.19. The van der Waals surface area contributed by atoms with Gasteiger partial charge in [-0.3, -0.25) is 4.79 Å². The molecule has 3 aromatic rings. The first-order valence-electron chi connectivity index (χ1n) is 11.8. The Balaban J connectivity index is 1.88. The Hall–Kier alpha value is -2.61. The highest BCUT2D eigenvalue weighted by molar-refractivity contribution is 7.07. The predicted octanol–water partition coefficient (Wildman–Crippen LogP) is 2.53. The van der Waals surface area contributed by atoms with Crippen LogP contribution in [-0.4, -0.2) is 49.9 Å². The first kappa shape index (κ1) is 24.5. The van der Waals surface area contributed by atoms with E-state index in [4.69, 9.17) is 13.9 Å². The van der Waals surface area contributed by atoms with Crippen molar-refractivity contribution in [2.45, 2.75) is 51.3 Å². The first-order chi connectivity index (χ1) is 16.4. The van der Waals surface area contributed by atoms with Gasteiger partial charge < -0.3 is 19.0 Å². The Labute approximate surface area is 202 Å². The molecule has 0 aromatic heterocycles. The second kappa shape index (κ2) is 10.3. The highest BCUT2D eigenvalue weighted by Gasteiger charge is 2.49. The van der Waals surface area contributed by atoms with Crippen molar-refractivity contribution in [3.05, 3.63) is 91.0 Å². The largest absolute Gasteiger partial charge is 0.391 e. The molecule has 1 heterocycles. The van der Waals surface area contributed by atoms with E-state index in [0.717, 1.165) is 15.6 Å². The molecule has 5 nitrogen and oxygen atoms in total. The molecule has 0 spiro atoms. The molecule has 0 unspecified atom stereocenters. The van der Waals surface area contributed by atoms with Crippen LogP contribution in [0.15, 0.2) is 91.0 Å². The zero-order valence-corrected chi connectivity index (χ0v) is 20.9. The lowest BCUT2D eigenvalue weighted by molar-refractivity contribution is -0.159. The second-order valence-corrected chi connectivity index (χ2v) is 12.3. The van der Waals surface area contributed by atoms with Gasteiger partial charge in [-0.2, -0.15) is 0 Å². The molecule has 0 bridgehead atoms. The number of aliphatic hydroxyl groups excluding tert-OH is 1. The van der Waals surface area contributed by atoms with Crippen LogP contribution >= 0.6 is 0 Å². The van der Waals surface area contributed by atoms with Crippen LogP contribution in [0.3, 0.4) is 0 Å². The van der Waals surface area contributed by atoms with Crippen LogP contribution < -0.4 is 15.6 Å². The molecule has 1 N–H and O–H groups in total. The summed E-state index contributed by atoms with van der Waals surface area (Å²) in [6.45, 7) is 5.55. The number of carbonyl (C=O) groups is 1. The zero-order chi connectivity index (χ0) is 24.2. The van der Waals surface area contributed by atoms with Crippen molar-refractivity contribution >= 4 is 29.7 Å². The summed E-state index contributed by atoms with van der Waals surface area (Å²) in [5, 5.41) is 14.1. The van der Waals surface area contributed by atoms with E-state index in [1.54, 1.807) is 13.8 Å². The minimum absolute atomic E-state index is 0.138. The molecule has 3 aromatic carbocycles. The minimum Gasteiger partial charge on any atom is -0.391 e. The number of aliphatic hydroxyl groups is 1. The first-order valence-corrected chi connectivity index (χ1v) is 13.7. The average molecular weight is 477 g/mol. The molecule has 0 amide bonds. The van der Waals surface area contributed by atoms with Crippen LogP contribution in [-0.2, 0) is 18.7 Å². The topological polar surface area (TPSA) is 65.0 Å². The van der Waals surface area contributed by atoms with Gasteiger partial charge in [0.1, 0.15) is 12.2 Å². The summed E-state index contributed by atoms with van der Waals surface area (Å²) in [4.78, 5) is 13.7. The van der Waals surface area contributed by atoms with E-state index < -0.39 is 32.4 Å². The van der Waals surface area contributed by atoms with Crippen LogP contribution in [0, 0.1) is 0 Å². The average Bonchev–Trinajstić information content (AvgIpc) is 3.25. The fourth-order valence-electron chi connectivity index (χ4n) is 4.46. The van der Waals surface area contributed by atoms with Crippen LogP contribution in [0.25, 0.3) is 0 Å². The van der Waals surface area contributed by atoms with E-state index in [1.807, 2.05) is 97.9 Å². The molecule has 1 aliphatic rings. The van der Waals surface area contributed by atoms with Crippen molar-refractivity contribution < 1.29 is 23.8 Å². The standard InChI is InChI=1S/C28H32O5Si/c1-4-24(29)27(26(30)25-20-31-28(2,3)32-25)33-34(21-14-8-5-9-15-21,22-16-10-6-11-17-22)23-18-12-7-13-19-23/h5-19,24-25,27,29H,4,20H2,1-3H3/t24-,25-,27+/m0/s1. The van der Waals surface area contributed by atoms with Crippen molar-refractivity contribution in [3.63, 3.8) is 0 Å². The van der Waals surface area contributed by atoms with E-state index >= 15 is 0 Å². The van der Waals surface area contributed by atoms with Crippen LogP contribution in [0.1, 0.15) is 27.2 Å². The summed E-state index contributed by atoms with van der Waals surface area (Å²) in [6.07, 6.45) is -2.48. The lowest BCUT2D eigenvalue weighted by Gasteiger charge is -2.38. The summed E-state index contributed by atoms with van der Waals surface area (Å²) >= 11 is 0. The molecule has 34 heavy (non-hydrogen) atoms. The molecule has 0 saturated carbocycles. The quantitative estimate of drug-likeness (QED) is 0.380. The van der Waals surface area contributed by atoms with Crippen LogP contribution in [0.5, 0.6) is 0 Å². The lowest BCUT2D eigenvalue weighted by Crippen LogP contribution is -2.72. The monoisotopic (exact) mass is 476 g/mol. The molecule has 0 aliphatic carbocycles. The fraction of sp³-hybridized carbons (Fsp3) is 0.321. The number of hydrogen-bond donors (Lipinski definition) is 1. The van der Waals surface area contributed by atoms with Crippen LogP contribution in [0.2, 0.25) is 0 Å². The molecule has 6 heteroatoms. The molecular formula is C28H32O5Si. The Morgan fingerprint density at radius 3 is 1.74 bits per heavy atom. The van der Waals surface area contributed by atoms with Gasteiger partial charge in [-0.05, 0) is 35.8 Å². The number of hydrogen-bond acceptors (Lipinski definition) is 5. The smallest absolute Gasteiger partial charge is 0.289 e. The zero-order valence-electron chi connectivity index (χ0n) is 19.9. The Morgan fingerprint density at radius 2 is 1.38 bits per heavy atom. The third-order valence-corrected chi connectivity index (χ3v) is 10.3. The Bertz CT molecular complexity index is 975. The van der Waals surface area contributed by atoms with Gasteiger partial charge >= 0.3 is 0 Å². The number of carbonyl (C=O) groups excluding carboxylic acids is 1. The van der Waals surface area contributed by atoms with E-state index in [1.165, 1.54) is 0 Å².